The van der Waals surface area contributed by atoms with Gasteiger partial charge in [-0.25, -0.2) is 0 Å². The fourth-order valence-corrected chi connectivity index (χ4v) is 1.13. The van der Waals surface area contributed by atoms with Crippen LogP contribution in [0.5, 0.6) is 0 Å². The van der Waals surface area contributed by atoms with Crippen LogP contribution in [-0.2, 0) is 14.3 Å². The summed E-state index contributed by atoms with van der Waals surface area (Å²) in [5, 5.41) is 8.70. The maximum atomic E-state index is 10.6. The standard InChI is InChI=1S/C7H10O4/c1-5(8)2-7(6(9)10)3-11-4-7/h2-4H2,1H3,(H,9,10). The summed E-state index contributed by atoms with van der Waals surface area (Å²) in [6.07, 6.45) is 0.0856. The summed E-state index contributed by atoms with van der Waals surface area (Å²) in [5.74, 6) is -1.03. The van der Waals surface area contributed by atoms with E-state index in [4.69, 9.17) is 9.84 Å². The molecule has 4 nitrogen and oxygen atoms in total. The molecule has 4 heteroatoms. The molecule has 0 aromatic heterocycles. The van der Waals surface area contributed by atoms with Gasteiger partial charge in [0.05, 0.1) is 13.2 Å². The van der Waals surface area contributed by atoms with Crippen LogP contribution in [0.3, 0.4) is 0 Å². The van der Waals surface area contributed by atoms with Gasteiger partial charge in [0.1, 0.15) is 11.2 Å². The molecule has 0 amide bonds. The maximum Gasteiger partial charge on any atom is 0.314 e. The topological polar surface area (TPSA) is 63.6 Å². The molecule has 0 aliphatic carbocycles. The number of aliphatic carboxylic acids is 1. The fourth-order valence-electron chi connectivity index (χ4n) is 1.13. The highest BCUT2D eigenvalue weighted by Crippen LogP contribution is 2.31. The molecule has 1 fully saturated rings. The van der Waals surface area contributed by atoms with Gasteiger partial charge in [-0.2, -0.15) is 0 Å². The number of carbonyl (C=O) groups is 2. The van der Waals surface area contributed by atoms with Crippen molar-refractivity contribution in [3.63, 3.8) is 0 Å². The van der Waals surface area contributed by atoms with E-state index < -0.39 is 11.4 Å². The number of carbonyl (C=O) groups excluding carboxylic acids is 1. The highest BCUT2D eigenvalue weighted by molar-refractivity contribution is 5.85. The average molecular weight is 158 g/mol. The smallest absolute Gasteiger partial charge is 0.314 e. The van der Waals surface area contributed by atoms with E-state index in [1.807, 2.05) is 0 Å². The molecule has 0 bridgehead atoms. The normalized spacial score (nSPS) is 20.5. The van der Waals surface area contributed by atoms with Crippen molar-refractivity contribution in [1.82, 2.24) is 0 Å². The van der Waals surface area contributed by atoms with Crippen molar-refractivity contribution in [2.45, 2.75) is 13.3 Å². The molecular weight excluding hydrogens is 148 g/mol. The maximum absolute atomic E-state index is 10.6. The Labute approximate surface area is 64.2 Å². The Balaban J connectivity index is 2.61. The molecule has 0 aromatic rings. The SMILES string of the molecule is CC(=O)CC1(C(=O)O)COC1. The van der Waals surface area contributed by atoms with Crippen LogP contribution >= 0.6 is 0 Å². The van der Waals surface area contributed by atoms with E-state index in [0.717, 1.165) is 0 Å². The third kappa shape index (κ3) is 1.40. The first-order chi connectivity index (χ1) is 5.07. The van der Waals surface area contributed by atoms with E-state index >= 15 is 0 Å². The zero-order valence-corrected chi connectivity index (χ0v) is 6.29. The monoisotopic (exact) mass is 158 g/mol. The van der Waals surface area contributed by atoms with Crippen molar-refractivity contribution in [3.8, 4) is 0 Å². The predicted molar refractivity (Wildman–Crippen MR) is 36.2 cm³/mol. The second-order valence-electron chi connectivity index (χ2n) is 2.96. The molecule has 1 saturated heterocycles. The van der Waals surface area contributed by atoms with E-state index in [-0.39, 0.29) is 25.4 Å². The lowest BCUT2D eigenvalue weighted by Gasteiger charge is -2.36. The van der Waals surface area contributed by atoms with Crippen LogP contribution in [-0.4, -0.2) is 30.1 Å². The van der Waals surface area contributed by atoms with Crippen LogP contribution in [0.1, 0.15) is 13.3 Å². The van der Waals surface area contributed by atoms with Crippen LogP contribution in [0.4, 0.5) is 0 Å². The Bertz CT molecular complexity index is 193. The molecule has 0 unspecified atom stereocenters. The first-order valence-corrected chi connectivity index (χ1v) is 3.37. The largest absolute Gasteiger partial charge is 0.481 e. The van der Waals surface area contributed by atoms with Gasteiger partial charge in [0.2, 0.25) is 0 Å². The van der Waals surface area contributed by atoms with Crippen LogP contribution in [0.2, 0.25) is 0 Å². The number of hydrogen-bond donors (Lipinski definition) is 1. The minimum absolute atomic E-state index is 0.0856. The van der Waals surface area contributed by atoms with Gasteiger partial charge < -0.3 is 9.84 Å². The predicted octanol–water partition coefficient (Wildman–Crippen LogP) is 0.0667. The molecule has 62 valence electrons. The second kappa shape index (κ2) is 2.62. The van der Waals surface area contributed by atoms with Crippen molar-refractivity contribution in [1.29, 1.82) is 0 Å². The van der Waals surface area contributed by atoms with Gasteiger partial charge in [-0.15, -0.1) is 0 Å². The van der Waals surface area contributed by atoms with Crippen LogP contribution < -0.4 is 0 Å². The van der Waals surface area contributed by atoms with Crippen molar-refractivity contribution in [3.05, 3.63) is 0 Å². The molecular formula is C7H10O4. The molecule has 0 saturated carbocycles. The first kappa shape index (κ1) is 8.20. The third-order valence-corrected chi connectivity index (χ3v) is 1.80. The van der Waals surface area contributed by atoms with Gasteiger partial charge in [-0.1, -0.05) is 0 Å². The Hall–Kier alpha value is -0.900. The summed E-state index contributed by atoms with van der Waals surface area (Å²) < 4.78 is 4.77. The lowest BCUT2D eigenvalue weighted by Crippen LogP contribution is -2.50. The Morgan fingerprint density at radius 3 is 2.18 bits per heavy atom. The zero-order chi connectivity index (χ0) is 8.48. The molecule has 1 aliphatic heterocycles. The summed E-state index contributed by atoms with van der Waals surface area (Å²) in [5.41, 5.74) is -0.911. The van der Waals surface area contributed by atoms with Gasteiger partial charge in [0, 0.05) is 6.42 Å². The van der Waals surface area contributed by atoms with Crippen molar-refractivity contribution in [2.75, 3.05) is 13.2 Å². The van der Waals surface area contributed by atoms with Crippen molar-refractivity contribution in [2.24, 2.45) is 5.41 Å². The van der Waals surface area contributed by atoms with Gasteiger partial charge >= 0.3 is 5.97 Å². The van der Waals surface area contributed by atoms with Gasteiger partial charge in [-0.3, -0.25) is 9.59 Å². The second-order valence-corrected chi connectivity index (χ2v) is 2.96. The number of Topliss-reactive ketones (excluding diaryl/α,β-unsaturated/α-hetero) is 1. The number of hydrogen-bond acceptors (Lipinski definition) is 3. The number of ketones is 1. The van der Waals surface area contributed by atoms with Crippen LogP contribution in [0.15, 0.2) is 0 Å². The number of carboxylic acids is 1. The quantitative estimate of drug-likeness (QED) is 0.631. The number of rotatable bonds is 3. The summed E-state index contributed by atoms with van der Waals surface area (Å²) in [4.78, 5) is 21.2. The molecule has 0 radical (unpaired) electrons. The number of carboxylic acid groups (broad SMARTS) is 1. The molecule has 0 aromatic carbocycles. The fraction of sp³-hybridized carbons (Fsp3) is 0.714. The van der Waals surface area contributed by atoms with Gasteiger partial charge in [0.15, 0.2) is 0 Å². The van der Waals surface area contributed by atoms with Crippen LogP contribution in [0.25, 0.3) is 0 Å². The minimum Gasteiger partial charge on any atom is -0.481 e. The first-order valence-electron chi connectivity index (χ1n) is 3.37. The number of ether oxygens (including phenoxy) is 1. The summed E-state index contributed by atoms with van der Waals surface area (Å²) in [6.45, 7) is 1.73. The molecule has 0 spiro atoms. The van der Waals surface area contributed by atoms with Crippen LogP contribution in [0, 0.1) is 5.41 Å². The molecule has 0 atom stereocenters. The van der Waals surface area contributed by atoms with E-state index in [1.54, 1.807) is 0 Å². The Morgan fingerprint density at radius 2 is 2.09 bits per heavy atom. The van der Waals surface area contributed by atoms with E-state index in [2.05, 4.69) is 0 Å². The molecule has 1 aliphatic rings. The molecule has 1 heterocycles. The molecule has 1 N–H and O–H groups in total. The van der Waals surface area contributed by atoms with Crippen molar-refractivity contribution >= 4 is 11.8 Å². The average Bonchev–Trinajstić information content (AvgIpc) is 1.77. The van der Waals surface area contributed by atoms with E-state index in [0.29, 0.717) is 0 Å². The highest BCUT2D eigenvalue weighted by atomic mass is 16.5. The molecule has 11 heavy (non-hydrogen) atoms. The lowest BCUT2D eigenvalue weighted by molar-refractivity contribution is -0.182. The lowest BCUT2D eigenvalue weighted by atomic mass is 9.81. The van der Waals surface area contributed by atoms with E-state index in [9.17, 15) is 9.59 Å². The Morgan fingerprint density at radius 1 is 1.55 bits per heavy atom. The molecule has 1 rings (SSSR count). The summed E-state index contributed by atoms with van der Waals surface area (Å²) in [7, 11) is 0. The minimum atomic E-state index is -0.932. The highest BCUT2D eigenvalue weighted by Gasteiger charge is 2.46. The van der Waals surface area contributed by atoms with E-state index in [1.165, 1.54) is 6.92 Å². The zero-order valence-electron chi connectivity index (χ0n) is 6.29. The Kier molecular flexibility index (Phi) is 1.95. The summed E-state index contributed by atoms with van der Waals surface area (Å²) >= 11 is 0. The third-order valence-electron chi connectivity index (χ3n) is 1.80. The van der Waals surface area contributed by atoms with Gasteiger partial charge in [0.25, 0.3) is 0 Å². The van der Waals surface area contributed by atoms with Gasteiger partial charge in [-0.05, 0) is 6.92 Å². The summed E-state index contributed by atoms with van der Waals surface area (Å²) in [6, 6.07) is 0. The van der Waals surface area contributed by atoms with Crippen molar-refractivity contribution < 1.29 is 19.4 Å².